The number of hydrogen-bond donors (Lipinski definition) is 1. The van der Waals surface area contributed by atoms with Crippen LogP contribution in [0.5, 0.6) is 5.75 Å². The number of ether oxygens (including phenoxy) is 1. The number of furan rings is 1. The monoisotopic (exact) mass is 492 g/mol. The molecule has 5 aromatic rings. The third kappa shape index (κ3) is 5.25. The quantitative estimate of drug-likeness (QED) is 0.300. The first kappa shape index (κ1) is 23.7. The predicted octanol–water partition coefficient (Wildman–Crippen LogP) is 5.73. The van der Waals surface area contributed by atoms with E-state index in [4.69, 9.17) is 9.15 Å². The zero-order chi connectivity index (χ0) is 25.0. The lowest BCUT2D eigenvalue weighted by atomic mass is 9.96. The topological polar surface area (TPSA) is 49.1 Å². The van der Waals surface area contributed by atoms with Gasteiger partial charge >= 0.3 is 0 Å². The molecule has 1 aliphatic rings. The molecule has 188 valence electrons. The molecule has 1 fully saturated rings. The molecular weight excluding hydrogens is 460 g/mol. The lowest BCUT2D eigenvalue weighted by Crippen LogP contribution is -2.50. The molecule has 5 nitrogen and oxygen atoms in total. The number of rotatable bonds is 8. The van der Waals surface area contributed by atoms with Crippen molar-refractivity contribution < 1.29 is 14.3 Å². The summed E-state index contributed by atoms with van der Waals surface area (Å²) < 4.78 is 11.9. The molecule has 5 heteroatoms. The van der Waals surface area contributed by atoms with Gasteiger partial charge < -0.3 is 14.3 Å². The Kier molecular flexibility index (Phi) is 6.91. The third-order valence-corrected chi connectivity index (χ3v) is 7.26. The van der Waals surface area contributed by atoms with E-state index < -0.39 is 6.10 Å². The van der Waals surface area contributed by atoms with Crippen LogP contribution in [0.3, 0.4) is 0 Å². The van der Waals surface area contributed by atoms with Gasteiger partial charge in [0, 0.05) is 43.5 Å². The molecule has 1 aliphatic heterocycles. The van der Waals surface area contributed by atoms with Gasteiger partial charge in [-0.05, 0) is 35.4 Å². The molecule has 37 heavy (non-hydrogen) atoms. The maximum Gasteiger partial charge on any atom is 0.135 e. The predicted molar refractivity (Wildman–Crippen MR) is 148 cm³/mol. The van der Waals surface area contributed by atoms with Gasteiger partial charge in [0.05, 0.1) is 6.04 Å². The van der Waals surface area contributed by atoms with Gasteiger partial charge in [0.15, 0.2) is 0 Å². The van der Waals surface area contributed by atoms with Crippen LogP contribution in [-0.2, 0) is 0 Å². The van der Waals surface area contributed by atoms with Gasteiger partial charge in [0.25, 0.3) is 0 Å². The maximum atomic E-state index is 10.7. The highest BCUT2D eigenvalue weighted by molar-refractivity contribution is 6.05. The summed E-state index contributed by atoms with van der Waals surface area (Å²) in [6.07, 6.45) is -0.553. The Morgan fingerprint density at radius 1 is 0.703 bits per heavy atom. The first-order valence-electron chi connectivity index (χ1n) is 13.0. The van der Waals surface area contributed by atoms with Gasteiger partial charge in [-0.2, -0.15) is 0 Å². The van der Waals surface area contributed by atoms with Gasteiger partial charge in [0.1, 0.15) is 29.6 Å². The zero-order valence-electron chi connectivity index (χ0n) is 20.9. The standard InChI is InChI=1S/C32H32N2O3/c35-26(23-36-27-15-16-31-29(21-27)28-13-7-8-14-30(28)37-31)22-33-17-19-34(20-18-33)32(24-9-3-1-4-10-24)25-11-5-2-6-12-25/h1-16,21,26,32,35H,17-20,22-23H2/t26-/m1/s1. The summed E-state index contributed by atoms with van der Waals surface area (Å²) in [7, 11) is 0. The Labute approximate surface area is 217 Å². The molecule has 0 aliphatic carbocycles. The average molecular weight is 493 g/mol. The van der Waals surface area contributed by atoms with Gasteiger partial charge in [-0.25, -0.2) is 0 Å². The van der Waals surface area contributed by atoms with Gasteiger partial charge in [-0.15, -0.1) is 0 Å². The van der Waals surface area contributed by atoms with Crippen LogP contribution in [0.25, 0.3) is 21.9 Å². The van der Waals surface area contributed by atoms with Crippen LogP contribution >= 0.6 is 0 Å². The smallest absolute Gasteiger partial charge is 0.135 e. The molecule has 0 spiro atoms. The molecule has 6 rings (SSSR count). The van der Waals surface area contributed by atoms with E-state index in [2.05, 4.69) is 76.5 Å². The minimum absolute atomic E-state index is 0.242. The number of nitrogens with zero attached hydrogens (tertiary/aromatic N) is 2. The molecule has 4 aromatic carbocycles. The van der Waals surface area contributed by atoms with Crippen molar-refractivity contribution in [2.24, 2.45) is 0 Å². The van der Waals surface area contributed by atoms with Crippen molar-refractivity contribution in [2.45, 2.75) is 12.1 Å². The summed E-state index contributed by atoms with van der Waals surface area (Å²) in [5.41, 5.74) is 4.35. The van der Waals surface area contributed by atoms with E-state index >= 15 is 0 Å². The second kappa shape index (κ2) is 10.8. The summed E-state index contributed by atoms with van der Waals surface area (Å²) in [6, 6.07) is 35.6. The van der Waals surface area contributed by atoms with Gasteiger partial charge in [0.2, 0.25) is 0 Å². The summed E-state index contributed by atoms with van der Waals surface area (Å²) in [5, 5.41) is 12.8. The minimum Gasteiger partial charge on any atom is -0.491 e. The van der Waals surface area contributed by atoms with E-state index in [-0.39, 0.29) is 12.6 Å². The first-order chi connectivity index (χ1) is 18.2. The average Bonchev–Trinajstić information content (AvgIpc) is 3.32. The number of para-hydroxylation sites is 1. The van der Waals surface area contributed by atoms with Crippen molar-refractivity contribution in [1.82, 2.24) is 9.80 Å². The van der Waals surface area contributed by atoms with E-state index in [0.717, 1.165) is 53.9 Å². The largest absolute Gasteiger partial charge is 0.491 e. The van der Waals surface area contributed by atoms with Crippen LogP contribution < -0.4 is 4.74 Å². The lowest BCUT2D eigenvalue weighted by molar-refractivity contribution is 0.0401. The third-order valence-electron chi connectivity index (χ3n) is 7.26. The van der Waals surface area contributed by atoms with Crippen molar-refractivity contribution in [3.63, 3.8) is 0 Å². The Balaban J connectivity index is 1.05. The van der Waals surface area contributed by atoms with Crippen molar-refractivity contribution in [2.75, 3.05) is 39.3 Å². The highest BCUT2D eigenvalue weighted by Crippen LogP contribution is 2.32. The number of benzene rings is 4. The molecule has 0 saturated carbocycles. The summed E-state index contributed by atoms with van der Waals surface area (Å²) >= 11 is 0. The molecule has 1 saturated heterocycles. The van der Waals surface area contributed by atoms with Crippen molar-refractivity contribution in [3.8, 4) is 5.75 Å². The fourth-order valence-electron chi connectivity index (χ4n) is 5.43. The van der Waals surface area contributed by atoms with Gasteiger partial charge in [-0.1, -0.05) is 78.9 Å². The fraction of sp³-hybridized carbons (Fsp3) is 0.250. The van der Waals surface area contributed by atoms with E-state index in [1.165, 1.54) is 11.1 Å². The molecule has 0 amide bonds. The van der Waals surface area contributed by atoms with Crippen LogP contribution in [0.15, 0.2) is 108 Å². The number of aliphatic hydroxyl groups is 1. The lowest BCUT2D eigenvalue weighted by Gasteiger charge is -2.40. The first-order valence-corrected chi connectivity index (χ1v) is 13.0. The molecule has 0 radical (unpaired) electrons. The van der Waals surface area contributed by atoms with Crippen molar-refractivity contribution >= 4 is 21.9 Å². The molecule has 2 heterocycles. The second-order valence-corrected chi connectivity index (χ2v) is 9.78. The summed E-state index contributed by atoms with van der Waals surface area (Å²) in [5.74, 6) is 0.747. The number of hydrogen-bond acceptors (Lipinski definition) is 5. The molecule has 1 N–H and O–H groups in total. The van der Waals surface area contributed by atoms with Crippen molar-refractivity contribution in [3.05, 3.63) is 114 Å². The van der Waals surface area contributed by atoms with Crippen LogP contribution in [-0.4, -0.2) is 60.3 Å². The highest BCUT2D eigenvalue weighted by Gasteiger charge is 2.27. The van der Waals surface area contributed by atoms with Gasteiger partial charge in [-0.3, -0.25) is 9.80 Å². The molecule has 1 atom stereocenters. The van der Waals surface area contributed by atoms with Crippen molar-refractivity contribution in [1.29, 1.82) is 0 Å². The van der Waals surface area contributed by atoms with Crippen LogP contribution in [0.1, 0.15) is 17.2 Å². The zero-order valence-corrected chi connectivity index (χ0v) is 20.9. The normalized spacial score (nSPS) is 15.9. The molecule has 1 aromatic heterocycles. The molecule has 0 bridgehead atoms. The summed E-state index contributed by atoms with van der Waals surface area (Å²) in [6.45, 7) is 4.60. The minimum atomic E-state index is -0.553. The van der Waals surface area contributed by atoms with E-state index in [9.17, 15) is 5.11 Å². The van der Waals surface area contributed by atoms with Crippen LogP contribution in [0.4, 0.5) is 0 Å². The molecular formula is C32H32N2O3. The Bertz CT molecular complexity index is 1400. The molecule has 0 unspecified atom stereocenters. The number of aliphatic hydroxyl groups excluding tert-OH is 1. The number of piperazine rings is 1. The Morgan fingerprint density at radius 2 is 1.32 bits per heavy atom. The Morgan fingerprint density at radius 3 is 2.03 bits per heavy atom. The van der Waals surface area contributed by atoms with Crippen LogP contribution in [0.2, 0.25) is 0 Å². The fourth-order valence-corrected chi connectivity index (χ4v) is 5.43. The number of β-amino-alcohol motifs (C(OH)–C–C–N with tert-alkyl or cyclic N) is 1. The SMILES string of the molecule is O[C@@H](COc1ccc2oc3ccccc3c2c1)CN1CCN(C(c2ccccc2)c2ccccc2)CC1. The van der Waals surface area contributed by atoms with Crippen LogP contribution in [0, 0.1) is 0 Å². The maximum absolute atomic E-state index is 10.7. The van der Waals surface area contributed by atoms with E-state index in [1.54, 1.807) is 0 Å². The summed E-state index contributed by atoms with van der Waals surface area (Å²) in [4.78, 5) is 4.89. The highest BCUT2D eigenvalue weighted by atomic mass is 16.5. The second-order valence-electron chi connectivity index (χ2n) is 9.78. The van der Waals surface area contributed by atoms with E-state index in [0.29, 0.717) is 6.54 Å². The number of fused-ring (bicyclic) bond motifs is 3. The Hall–Kier alpha value is -3.64. The van der Waals surface area contributed by atoms with E-state index in [1.807, 2.05) is 36.4 Å².